The first-order chi connectivity index (χ1) is 14.6. The molecule has 1 fully saturated rings. The van der Waals surface area contributed by atoms with Crippen LogP contribution >= 0.6 is 0 Å². The van der Waals surface area contributed by atoms with Gasteiger partial charge >= 0.3 is 0 Å². The van der Waals surface area contributed by atoms with E-state index in [-0.39, 0.29) is 35.7 Å². The van der Waals surface area contributed by atoms with Crippen molar-refractivity contribution in [3.8, 4) is 11.5 Å². The zero-order chi connectivity index (χ0) is 24.1. The molecule has 0 aliphatic carbocycles. The van der Waals surface area contributed by atoms with Gasteiger partial charge in [-0.2, -0.15) is 0 Å². The van der Waals surface area contributed by atoms with E-state index < -0.39 is 20.4 Å². The van der Waals surface area contributed by atoms with Crippen LogP contribution in [0, 0.1) is 11.8 Å². The lowest BCUT2D eigenvalue weighted by atomic mass is 9.80. The van der Waals surface area contributed by atoms with Crippen molar-refractivity contribution in [2.45, 2.75) is 46.0 Å². The number of hydrogen-bond donors (Lipinski definition) is 0. The third-order valence-electron chi connectivity index (χ3n) is 5.01. The minimum absolute atomic E-state index is 0.0358. The Bertz CT molecular complexity index is 866. The topological polar surface area (TPSA) is 38.8 Å². The zero-order valence-electron chi connectivity index (χ0n) is 22.1. The van der Waals surface area contributed by atoms with Crippen LogP contribution in [0.2, 0.25) is 0 Å². The van der Waals surface area contributed by atoms with Gasteiger partial charge in [0.05, 0.1) is 20.5 Å². The number of hydrogen-bond acceptors (Lipinski definition) is 4. The second-order valence-corrected chi connectivity index (χ2v) is 7.06. The number of ether oxygens (including phenoxy) is 2. The second kappa shape index (κ2) is 7.14. The molecular formula is C20H29NO3. The summed E-state index contributed by atoms with van der Waals surface area (Å²) in [6, 6.07) is 2.65. The number of fused-ring (bicyclic) bond motifs is 3. The predicted octanol–water partition coefficient (Wildman–Crippen LogP) is 3.63. The minimum atomic E-state index is -3.10. The Morgan fingerprint density at radius 2 is 2.29 bits per heavy atom. The fraction of sp³-hybridized carbons (Fsp3) is 0.650. The van der Waals surface area contributed by atoms with Gasteiger partial charge in [0.15, 0.2) is 11.5 Å². The molecule has 2 aliphatic rings. The molecule has 132 valence electrons. The smallest absolute Gasteiger partial charge is 0.161 e. The molecule has 1 saturated heterocycles. The van der Waals surface area contributed by atoms with Crippen LogP contribution in [0.4, 0.5) is 0 Å². The number of Topliss-reactive ketones (excluding diaryl/α,β-unsaturated/α-hetero) is 1. The maximum absolute atomic E-state index is 12.8. The van der Waals surface area contributed by atoms with Gasteiger partial charge in [-0.1, -0.05) is 13.8 Å². The van der Waals surface area contributed by atoms with E-state index in [9.17, 15) is 4.79 Å². The molecule has 0 aromatic heterocycles. The quantitative estimate of drug-likeness (QED) is 0.821. The molecule has 2 atom stereocenters. The molecule has 0 radical (unpaired) electrons. The Morgan fingerprint density at radius 3 is 3.04 bits per heavy atom. The molecule has 0 saturated carbocycles. The molecule has 0 bridgehead atoms. The molecule has 1 aromatic rings. The Labute approximate surface area is 156 Å². The summed E-state index contributed by atoms with van der Waals surface area (Å²) in [6.45, 7) is -0.673. The number of ketones is 1. The molecule has 24 heavy (non-hydrogen) atoms. The van der Waals surface area contributed by atoms with Crippen molar-refractivity contribution in [1.82, 2.24) is 4.90 Å². The number of piperidine rings is 1. The SMILES string of the molecule is [2H]C([2H])([2H])Oc1cc2c(cc1OC([2H])([2H])C([2H])([2H])[2H])C1CC(=O)C(CC(C)C)CN1CC2. The van der Waals surface area contributed by atoms with E-state index >= 15 is 0 Å². The average Bonchev–Trinajstić information content (AvgIpc) is 2.60. The highest BCUT2D eigenvalue weighted by molar-refractivity contribution is 5.83. The number of carbonyl (C=O) groups is 1. The van der Waals surface area contributed by atoms with Gasteiger partial charge < -0.3 is 9.47 Å². The Balaban J connectivity index is 1.99. The van der Waals surface area contributed by atoms with Crippen LogP contribution < -0.4 is 9.47 Å². The number of rotatable bonds is 5. The number of carbonyl (C=O) groups excluding carboxylic acids is 1. The van der Waals surface area contributed by atoms with E-state index in [0.29, 0.717) is 31.0 Å². The largest absolute Gasteiger partial charge is 0.493 e. The van der Waals surface area contributed by atoms with Gasteiger partial charge in [0.1, 0.15) is 5.78 Å². The highest BCUT2D eigenvalue weighted by Gasteiger charge is 2.38. The van der Waals surface area contributed by atoms with E-state index in [1.54, 1.807) is 0 Å². The Kier molecular flexibility index (Phi) is 2.92. The van der Waals surface area contributed by atoms with Crippen LogP contribution in [0.25, 0.3) is 0 Å². The first-order valence-electron chi connectivity index (χ1n) is 12.4. The maximum Gasteiger partial charge on any atom is 0.161 e. The molecule has 3 rings (SSSR count). The van der Waals surface area contributed by atoms with Crippen LogP contribution in [-0.4, -0.2) is 37.4 Å². The van der Waals surface area contributed by atoms with E-state index in [1.807, 2.05) is 0 Å². The average molecular weight is 340 g/mol. The normalized spacial score (nSPS) is 30.4. The van der Waals surface area contributed by atoms with Gasteiger partial charge in [0.2, 0.25) is 0 Å². The third kappa shape index (κ3) is 3.30. The van der Waals surface area contributed by atoms with Crippen molar-refractivity contribution < 1.29 is 25.2 Å². The molecule has 2 aliphatic heterocycles. The maximum atomic E-state index is 12.8. The number of benzene rings is 1. The van der Waals surface area contributed by atoms with E-state index in [4.69, 9.17) is 20.4 Å². The summed E-state index contributed by atoms with van der Waals surface area (Å²) in [5.74, 6) is -0.0219. The first-order valence-corrected chi connectivity index (χ1v) is 8.39. The van der Waals surface area contributed by atoms with Gasteiger partial charge in [-0.3, -0.25) is 9.69 Å². The van der Waals surface area contributed by atoms with Crippen LogP contribution in [0.15, 0.2) is 12.1 Å². The Hall–Kier alpha value is -1.55. The summed E-state index contributed by atoms with van der Waals surface area (Å²) in [7, 11) is -2.83. The predicted molar refractivity (Wildman–Crippen MR) is 94.8 cm³/mol. The molecule has 1 aromatic carbocycles. The van der Waals surface area contributed by atoms with Gasteiger partial charge in [-0.25, -0.2) is 0 Å². The molecule has 0 amide bonds. The Morgan fingerprint density at radius 1 is 1.42 bits per heavy atom. The van der Waals surface area contributed by atoms with E-state index in [1.165, 1.54) is 12.1 Å². The van der Waals surface area contributed by atoms with Crippen molar-refractivity contribution in [2.75, 3.05) is 26.7 Å². The van der Waals surface area contributed by atoms with Crippen LogP contribution in [0.1, 0.15) is 61.7 Å². The lowest BCUT2D eigenvalue weighted by Crippen LogP contribution is -2.46. The van der Waals surface area contributed by atoms with E-state index in [2.05, 4.69) is 18.7 Å². The summed E-state index contributed by atoms with van der Waals surface area (Å²) in [5.41, 5.74) is 1.49. The van der Waals surface area contributed by atoms with Crippen molar-refractivity contribution in [3.63, 3.8) is 0 Å². The summed E-state index contributed by atoms with van der Waals surface area (Å²) in [5, 5.41) is 0. The molecule has 0 spiro atoms. The van der Waals surface area contributed by atoms with Crippen LogP contribution in [0.5, 0.6) is 11.5 Å². The summed E-state index contributed by atoms with van der Waals surface area (Å²) >= 11 is 0. The second-order valence-electron chi connectivity index (χ2n) is 7.06. The lowest BCUT2D eigenvalue weighted by Gasteiger charge is -2.43. The van der Waals surface area contributed by atoms with Crippen LogP contribution in [-0.2, 0) is 11.2 Å². The van der Waals surface area contributed by atoms with Crippen LogP contribution in [0.3, 0.4) is 0 Å². The standard InChI is InChI=1S/C20H29NO3/c1-5-24-20-10-16-14(9-19(20)23-4)6-7-21-12-15(8-13(2)3)18(22)11-17(16)21/h9-10,13,15,17H,5-8,11-12H2,1-4H3/i1D3,4D3,5D2. The van der Waals surface area contributed by atoms with Crippen molar-refractivity contribution in [3.05, 3.63) is 23.3 Å². The summed E-state index contributed by atoms with van der Waals surface area (Å²) in [4.78, 5) is 15.0. The van der Waals surface area contributed by atoms with Gasteiger partial charge in [0.25, 0.3) is 0 Å². The number of methoxy groups -OCH3 is 1. The van der Waals surface area contributed by atoms with E-state index in [0.717, 1.165) is 12.0 Å². The molecular weight excluding hydrogens is 302 g/mol. The monoisotopic (exact) mass is 339 g/mol. The fourth-order valence-electron chi connectivity index (χ4n) is 3.95. The zero-order valence-corrected chi connectivity index (χ0v) is 14.1. The third-order valence-corrected chi connectivity index (χ3v) is 5.01. The van der Waals surface area contributed by atoms with Gasteiger partial charge in [-0.15, -0.1) is 0 Å². The van der Waals surface area contributed by atoms with Gasteiger partial charge in [-0.05, 0) is 48.9 Å². The molecule has 2 heterocycles. The molecule has 4 heteroatoms. The minimum Gasteiger partial charge on any atom is -0.493 e. The van der Waals surface area contributed by atoms with Crippen molar-refractivity contribution in [2.24, 2.45) is 11.8 Å². The molecule has 2 unspecified atom stereocenters. The lowest BCUT2D eigenvalue weighted by molar-refractivity contribution is -0.129. The number of nitrogens with zero attached hydrogens (tertiary/aromatic N) is 1. The fourth-order valence-corrected chi connectivity index (χ4v) is 3.95. The first kappa shape index (κ1) is 9.81. The van der Waals surface area contributed by atoms with Crippen molar-refractivity contribution in [1.29, 1.82) is 0 Å². The molecule has 4 nitrogen and oxygen atoms in total. The van der Waals surface area contributed by atoms with Crippen molar-refractivity contribution >= 4 is 5.78 Å². The highest BCUT2D eigenvalue weighted by atomic mass is 16.5. The van der Waals surface area contributed by atoms with Gasteiger partial charge in [0, 0.05) is 35.6 Å². The summed E-state index contributed by atoms with van der Waals surface area (Å²) < 4.78 is 70.3. The highest BCUT2D eigenvalue weighted by Crippen LogP contribution is 2.42. The summed E-state index contributed by atoms with van der Waals surface area (Å²) in [6.07, 6.45) is 1.70. The molecule has 0 N–H and O–H groups in total.